The van der Waals surface area contributed by atoms with E-state index in [2.05, 4.69) is 187 Å². The van der Waals surface area contributed by atoms with Crippen molar-refractivity contribution < 1.29 is 0 Å². The van der Waals surface area contributed by atoms with Gasteiger partial charge in [-0.05, 0) is 97.5 Å². The molecule has 0 amide bonds. The molecule has 248 valence electrons. The molecule has 11 aromatic rings. The highest BCUT2D eigenvalue weighted by Gasteiger charge is 2.22. The summed E-state index contributed by atoms with van der Waals surface area (Å²) in [6, 6.07) is 63.9. The van der Waals surface area contributed by atoms with Gasteiger partial charge in [0.1, 0.15) is 5.65 Å². The first-order valence-electron chi connectivity index (χ1n) is 17.9. The Balaban J connectivity index is 1.15. The predicted octanol–water partition coefficient (Wildman–Crippen LogP) is 14.4. The number of aromatic nitrogens is 2. The number of hydrogen-bond donors (Lipinski definition) is 0. The topological polar surface area (TPSA) is 17.3 Å². The maximum absolute atomic E-state index is 5.46. The van der Waals surface area contributed by atoms with E-state index in [4.69, 9.17) is 4.98 Å². The fraction of sp³-hybridized carbons (Fsp3) is 0. The third-order valence-electron chi connectivity index (χ3n) is 10.4. The molecule has 4 heterocycles. The summed E-state index contributed by atoms with van der Waals surface area (Å²) in [5, 5.41) is 7.35. The van der Waals surface area contributed by atoms with E-state index in [-0.39, 0.29) is 0 Å². The lowest BCUT2D eigenvalue weighted by Gasteiger charge is -2.16. The number of nitrogens with zero attached hydrogens (tertiary/aromatic N) is 2. The summed E-state index contributed by atoms with van der Waals surface area (Å²) < 4.78 is 2.34. The largest absolute Gasteiger partial charge is 0.298 e. The van der Waals surface area contributed by atoms with Gasteiger partial charge in [0.25, 0.3) is 0 Å². The summed E-state index contributed by atoms with van der Waals surface area (Å²) in [6.07, 6.45) is 2.30. The average Bonchev–Trinajstić information content (AvgIpc) is 3.99. The lowest BCUT2D eigenvalue weighted by Crippen LogP contribution is -1.93. The van der Waals surface area contributed by atoms with E-state index in [1.165, 1.54) is 85.2 Å². The van der Waals surface area contributed by atoms with Crippen LogP contribution in [-0.4, -0.2) is 9.38 Å². The molecule has 0 spiro atoms. The first-order valence-corrected chi connectivity index (χ1v) is 19.5. The maximum atomic E-state index is 5.46. The molecular formula is C49H30N2S2. The summed E-state index contributed by atoms with van der Waals surface area (Å²) in [7, 11) is 0. The van der Waals surface area contributed by atoms with Crippen molar-refractivity contribution in [2.45, 2.75) is 0 Å². The lowest BCUT2D eigenvalue weighted by molar-refractivity contribution is 1.23. The molecule has 0 aliphatic heterocycles. The minimum absolute atomic E-state index is 0.936. The molecule has 2 nitrogen and oxygen atoms in total. The Kier molecular flexibility index (Phi) is 6.94. The number of rotatable bonds is 5. The Bertz CT molecular complexity index is 3180. The SMILES string of the molecule is c1ccc(-c2ccc(-c3ccc(-c4ccc5nc6c(-c7ccc8ccccc8c7)c7ccccc7c(-c7ccc8ccccc8c7)c6n5c4)s3)s2)cc1. The standard InChI is InChI=1S/C49H30N2S2/c1-2-12-33(13-3-1)41-23-25-43(52-41)44-26-24-42(53-44)38-22-27-45-50-48-46(36-20-18-31-10-4-6-14-34(31)28-36)39-16-8-9-17-40(39)47(49(48)51(45)30-38)37-21-19-32-11-5-7-15-35(32)29-37/h1-30H. The molecule has 0 unspecified atom stereocenters. The van der Waals surface area contributed by atoms with Gasteiger partial charge in [0.15, 0.2) is 0 Å². The monoisotopic (exact) mass is 710 g/mol. The molecule has 0 aliphatic carbocycles. The van der Waals surface area contributed by atoms with Crippen LogP contribution in [0.1, 0.15) is 0 Å². The number of benzene rings is 7. The molecular weight excluding hydrogens is 681 g/mol. The fourth-order valence-corrected chi connectivity index (χ4v) is 10.0. The molecule has 0 N–H and O–H groups in total. The summed E-state index contributed by atoms with van der Waals surface area (Å²) in [6.45, 7) is 0. The zero-order valence-electron chi connectivity index (χ0n) is 28.5. The van der Waals surface area contributed by atoms with Crippen LogP contribution in [-0.2, 0) is 0 Å². The van der Waals surface area contributed by atoms with Gasteiger partial charge in [-0.3, -0.25) is 4.40 Å². The Hall–Kier alpha value is -6.33. The second-order valence-corrected chi connectivity index (χ2v) is 15.7. The van der Waals surface area contributed by atoms with Crippen LogP contribution in [0.2, 0.25) is 0 Å². The summed E-state index contributed by atoms with van der Waals surface area (Å²) in [5.41, 5.74) is 10.2. The Morgan fingerprint density at radius 2 is 0.887 bits per heavy atom. The van der Waals surface area contributed by atoms with E-state index in [9.17, 15) is 0 Å². The second-order valence-electron chi connectivity index (χ2n) is 13.6. The molecule has 0 fully saturated rings. The normalized spacial score (nSPS) is 11.8. The molecule has 0 bridgehead atoms. The zero-order valence-corrected chi connectivity index (χ0v) is 30.2. The first-order chi connectivity index (χ1) is 26.2. The number of hydrogen-bond acceptors (Lipinski definition) is 3. The predicted molar refractivity (Wildman–Crippen MR) is 228 cm³/mol. The third kappa shape index (κ3) is 5.02. The molecule has 11 rings (SSSR count). The third-order valence-corrected chi connectivity index (χ3v) is 12.9. The van der Waals surface area contributed by atoms with E-state index >= 15 is 0 Å². The van der Waals surface area contributed by atoms with Gasteiger partial charge < -0.3 is 0 Å². The van der Waals surface area contributed by atoms with E-state index < -0.39 is 0 Å². The smallest absolute Gasteiger partial charge is 0.137 e. The van der Waals surface area contributed by atoms with E-state index in [0.29, 0.717) is 0 Å². The van der Waals surface area contributed by atoms with Crippen molar-refractivity contribution in [3.8, 4) is 52.9 Å². The quantitative estimate of drug-likeness (QED) is 0.174. The number of imidazole rings is 1. The van der Waals surface area contributed by atoms with Crippen molar-refractivity contribution in [2.24, 2.45) is 0 Å². The Labute approximate surface area is 314 Å². The van der Waals surface area contributed by atoms with Crippen LogP contribution in [0, 0.1) is 0 Å². The van der Waals surface area contributed by atoms with Crippen LogP contribution in [0.3, 0.4) is 0 Å². The number of thiophene rings is 2. The van der Waals surface area contributed by atoms with Crippen molar-refractivity contribution >= 4 is 71.7 Å². The van der Waals surface area contributed by atoms with Gasteiger partial charge in [-0.15, -0.1) is 22.7 Å². The van der Waals surface area contributed by atoms with Crippen molar-refractivity contribution in [2.75, 3.05) is 0 Å². The van der Waals surface area contributed by atoms with Gasteiger partial charge in [0, 0.05) is 42.4 Å². The van der Waals surface area contributed by atoms with Crippen molar-refractivity contribution in [1.29, 1.82) is 0 Å². The number of fused-ring (bicyclic) bond motifs is 6. The van der Waals surface area contributed by atoms with Crippen LogP contribution < -0.4 is 0 Å². The first kappa shape index (κ1) is 30.3. The van der Waals surface area contributed by atoms with Gasteiger partial charge >= 0.3 is 0 Å². The maximum Gasteiger partial charge on any atom is 0.137 e. The molecule has 0 radical (unpaired) electrons. The van der Waals surface area contributed by atoms with Gasteiger partial charge in [0.2, 0.25) is 0 Å². The minimum Gasteiger partial charge on any atom is -0.298 e. The average molecular weight is 711 g/mol. The summed E-state index contributed by atoms with van der Waals surface area (Å²) in [5.74, 6) is 0. The van der Waals surface area contributed by atoms with E-state index in [1.807, 2.05) is 22.7 Å². The molecule has 4 aromatic heterocycles. The van der Waals surface area contributed by atoms with Gasteiger partial charge in [-0.1, -0.05) is 127 Å². The van der Waals surface area contributed by atoms with Gasteiger partial charge in [-0.25, -0.2) is 4.98 Å². The Morgan fingerprint density at radius 1 is 0.377 bits per heavy atom. The highest BCUT2D eigenvalue weighted by Crippen LogP contribution is 2.46. The lowest BCUT2D eigenvalue weighted by atomic mass is 9.89. The van der Waals surface area contributed by atoms with Crippen molar-refractivity contribution in [3.05, 3.63) is 182 Å². The highest BCUT2D eigenvalue weighted by molar-refractivity contribution is 7.25. The molecule has 7 aromatic carbocycles. The molecule has 0 saturated carbocycles. The molecule has 53 heavy (non-hydrogen) atoms. The van der Waals surface area contributed by atoms with Crippen LogP contribution in [0.5, 0.6) is 0 Å². The summed E-state index contributed by atoms with van der Waals surface area (Å²) >= 11 is 3.70. The zero-order chi connectivity index (χ0) is 34.9. The van der Waals surface area contributed by atoms with E-state index in [0.717, 1.165) is 16.7 Å². The van der Waals surface area contributed by atoms with Crippen LogP contribution in [0.15, 0.2) is 182 Å². The fourth-order valence-electron chi connectivity index (χ4n) is 7.91. The van der Waals surface area contributed by atoms with Crippen LogP contribution in [0.4, 0.5) is 0 Å². The molecule has 4 heteroatoms. The second kappa shape index (κ2) is 12.1. The van der Waals surface area contributed by atoms with E-state index in [1.54, 1.807) is 0 Å². The summed E-state index contributed by atoms with van der Waals surface area (Å²) in [4.78, 5) is 10.6. The molecule has 0 saturated heterocycles. The van der Waals surface area contributed by atoms with Crippen LogP contribution >= 0.6 is 22.7 Å². The van der Waals surface area contributed by atoms with Gasteiger partial charge in [0.05, 0.1) is 11.0 Å². The number of pyridine rings is 1. The van der Waals surface area contributed by atoms with Crippen molar-refractivity contribution in [1.82, 2.24) is 9.38 Å². The van der Waals surface area contributed by atoms with Crippen molar-refractivity contribution in [3.63, 3.8) is 0 Å². The highest BCUT2D eigenvalue weighted by atomic mass is 32.1. The molecule has 0 aliphatic rings. The Morgan fingerprint density at radius 3 is 1.55 bits per heavy atom. The minimum atomic E-state index is 0.936. The molecule has 0 atom stereocenters. The van der Waals surface area contributed by atoms with Gasteiger partial charge in [-0.2, -0.15) is 0 Å². The van der Waals surface area contributed by atoms with Crippen LogP contribution in [0.25, 0.3) is 102 Å².